The van der Waals surface area contributed by atoms with Crippen LogP contribution >= 0.6 is 35.2 Å². The zero-order valence-electron chi connectivity index (χ0n) is 26.2. The molecule has 1 saturated heterocycles. The Balaban J connectivity index is 1.59. The van der Waals surface area contributed by atoms with Crippen LogP contribution in [-0.2, 0) is 45.9 Å². The molecule has 0 saturated carbocycles. The topological polar surface area (TPSA) is 347 Å². The van der Waals surface area contributed by atoms with E-state index in [0.29, 0.717) is 12.3 Å². The first-order valence-electron chi connectivity index (χ1n) is 14.0. The summed E-state index contributed by atoms with van der Waals surface area (Å²) in [5.74, 6) is -0.590. The number of carbonyl (C=O) groups is 2. The van der Waals surface area contributed by atoms with E-state index in [9.17, 15) is 53.1 Å². The Morgan fingerprint density at radius 3 is 2.43 bits per heavy atom. The van der Waals surface area contributed by atoms with Crippen molar-refractivity contribution in [3.63, 3.8) is 0 Å². The van der Waals surface area contributed by atoms with Gasteiger partial charge in [0, 0.05) is 30.7 Å². The lowest BCUT2D eigenvalue weighted by molar-refractivity contribution is -0.137. The van der Waals surface area contributed by atoms with E-state index in [4.69, 9.17) is 19.5 Å². The number of imidazole rings is 1. The average Bonchev–Trinajstić information content (AvgIpc) is 3.55. The normalized spacial score (nSPS) is 23.1. The van der Waals surface area contributed by atoms with E-state index in [2.05, 4.69) is 34.4 Å². The number of amides is 2. The van der Waals surface area contributed by atoms with E-state index in [-0.39, 0.29) is 35.9 Å². The number of carbonyl (C=O) groups excluding carboxylic acids is 2. The molecule has 0 aliphatic carbocycles. The van der Waals surface area contributed by atoms with Crippen molar-refractivity contribution in [2.45, 2.75) is 50.9 Å². The SMILES string of the molecule is CSCCNC(=O)CCNC(=O)[C@H](O)C(C)(C)COP(=O)(O)OP(=O)(O)OC[C@H]1O[C@@H](n2cnc3c(N)ncnc32)C(O)C1OP(=O)(O)O. The highest BCUT2D eigenvalue weighted by molar-refractivity contribution is 7.98. The van der Waals surface area contributed by atoms with Crippen LogP contribution in [0.4, 0.5) is 5.82 Å². The lowest BCUT2D eigenvalue weighted by Crippen LogP contribution is -2.46. The predicted molar refractivity (Wildman–Crippen MR) is 168 cm³/mol. The molecular weight excluding hydrogens is 743 g/mol. The second kappa shape index (κ2) is 16.9. The third-order valence-corrected chi connectivity index (χ3v) is 10.4. The molecule has 2 amide bonds. The number of hydrogen-bond donors (Lipinski definition) is 9. The van der Waals surface area contributed by atoms with Gasteiger partial charge in [-0.1, -0.05) is 13.8 Å². The van der Waals surface area contributed by atoms with E-state index < -0.39 is 78.6 Å². The Morgan fingerprint density at radius 2 is 1.78 bits per heavy atom. The van der Waals surface area contributed by atoms with Gasteiger partial charge in [-0.05, 0) is 6.26 Å². The van der Waals surface area contributed by atoms with Gasteiger partial charge in [-0.3, -0.25) is 27.7 Å². The molecule has 0 bridgehead atoms. The summed E-state index contributed by atoms with van der Waals surface area (Å²) in [4.78, 5) is 74.9. The number of rotatable bonds is 19. The number of thioether (sulfide) groups is 1. The molecule has 1 aliphatic heterocycles. The first-order valence-corrected chi connectivity index (χ1v) is 20.0. The molecule has 3 heterocycles. The molecule has 4 unspecified atom stereocenters. The van der Waals surface area contributed by atoms with Gasteiger partial charge in [0.05, 0.1) is 19.5 Å². The number of phosphoric acid groups is 3. The highest BCUT2D eigenvalue weighted by atomic mass is 32.2. The summed E-state index contributed by atoms with van der Waals surface area (Å²) in [6.45, 7) is 0.896. The molecule has 2 aromatic rings. The fraction of sp³-hybridized carbons (Fsp3) is 0.682. The Bertz CT molecular complexity index is 1610. The van der Waals surface area contributed by atoms with Gasteiger partial charge in [0.15, 0.2) is 17.7 Å². The Labute approximate surface area is 282 Å². The van der Waals surface area contributed by atoms with Crippen molar-refractivity contribution < 1.29 is 75.7 Å². The van der Waals surface area contributed by atoms with Gasteiger partial charge >= 0.3 is 23.5 Å². The minimum Gasteiger partial charge on any atom is -0.386 e. The van der Waals surface area contributed by atoms with Gasteiger partial charge in [0.1, 0.15) is 36.3 Å². The van der Waals surface area contributed by atoms with Crippen LogP contribution in [0.2, 0.25) is 0 Å². The molecule has 278 valence electrons. The highest BCUT2D eigenvalue weighted by Crippen LogP contribution is 2.61. The maximum absolute atomic E-state index is 12.6. The molecule has 27 heteroatoms. The number of nitrogens with two attached hydrogens (primary N) is 1. The van der Waals surface area contributed by atoms with Crippen LogP contribution in [0.3, 0.4) is 0 Å². The van der Waals surface area contributed by atoms with Gasteiger partial charge in [0.25, 0.3) is 0 Å². The first kappa shape index (κ1) is 41.3. The van der Waals surface area contributed by atoms with Crippen molar-refractivity contribution in [2.24, 2.45) is 5.41 Å². The van der Waals surface area contributed by atoms with Crippen molar-refractivity contribution in [1.82, 2.24) is 30.2 Å². The molecular formula is C22H38N7O16P3S. The van der Waals surface area contributed by atoms with Crippen LogP contribution in [0.15, 0.2) is 12.7 Å². The van der Waals surface area contributed by atoms with Gasteiger partial charge in [0.2, 0.25) is 11.8 Å². The molecule has 2 aromatic heterocycles. The predicted octanol–water partition coefficient (Wildman–Crippen LogP) is -1.23. The molecule has 49 heavy (non-hydrogen) atoms. The van der Waals surface area contributed by atoms with Gasteiger partial charge < -0.3 is 50.9 Å². The van der Waals surface area contributed by atoms with Crippen molar-refractivity contribution in [2.75, 3.05) is 44.0 Å². The Morgan fingerprint density at radius 1 is 1.10 bits per heavy atom. The number of aromatic nitrogens is 4. The zero-order valence-corrected chi connectivity index (χ0v) is 29.7. The molecule has 3 rings (SSSR count). The lowest BCUT2D eigenvalue weighted by atomic mass is 9.87. The smallest absolute Gasteiger partial charge is 0.386 e. The molecule has 0 spiro atoms. The molecule has 0 radical (unpaired) electrons. The maximum atomic E-state index is 12.6. The number of aliphatic hydroxyl groups excluding tert-OH is 2. The standard InChI is InChI=1S/C22H38N7O16P3S/c1-22(2,17(32)20(33)25-5-4-13(30)24-6-7-49-3)9-42-48(39,40)45-47(37,38)41-8-12-16(44-46(34,35)36)15(31)21(43-12)29-11-28-14-18(23)26-10-27-19(14)29/h10-12,15-17,21,31-32H,4-9H2,1-3H3,(H,24,30)(H,25,33)(H,37,38)(H,39,40)(H2,23,26,27)(H2,34,35,36)/t12-,15?,16?,17+,21-/m1/s1. The summed E-state index contributed by atoms with van der Waals surface area (Å²) in [6.07, 6.45) is -4.82. The fourth-order valence-electron chi connectivity index (χ4n) is 4.23. The molecule has 0 aromatic carbocycles. The quantitative estimate of drug-likeness (QED) is 0.0595. The van der Waals surface area contributed by atoms with Crippen molar-refractivity contribution in [3.8, 4) is 0 Å². The second-order valence-electron chi connectivity index (χ2n) is 11.1. The number of ether oxygens (including phenoxy) is 1. The van der Waals surface area contributed by atoms with E-state index in [0.717, 1.165) is 17.2 Å². The number of aliphatic hydroxyl groups is 2. The zero-order chi connectivity index (χ0) is 36.8. The highest BCUT2D eigenvalue weighted by Gasteiger charge is 2.50. The van der Waals surface area contributed by atoms with Crippen LogP contribution < -0.4 is 16.4 Å². The number of fused-ring (bicyclic) bond motifs is 1. The Kier molecular flexibility index (Phi) is 14.3. The van der Waals surface area contributed by atoms with Crippen molar-refractivity contribution in [1.29, 1.82) is 0 Å². The van der Waals surface area contributed by atoms with Crippen LogP contribution in [0, 0.1) is 5.41 Å². The molecule has 1 fully saturated rings. The molecule has 1 aliphatic rings. The van der Waals surface area contributed by atoms with E-state index in [1.807, 2.05) is 6.26 Å². The van der Waals surface area contributed by atoms with Crippen molar-refractivity contribution >= 4 is 64.0 Å². The van der Waals surface area contributed by atoms with Crippen LogP contribution in [0.5, 0.6) is 0 Å². The number of anilines is 1. The third kappa shape index (κ3) is 12.0. The first-order chi connectivity index (χ1) is 22.7. The minimum atomic E-state index is -5.54. The van der Waals surface area contributed by atoms with E-state index >= 15 is 0 Å². The summed E-state index contributed by atoms with van der Waals surface area (Å²) >= 11 is 1.53. The van der Waals surface area contributed by atoms with Gasteiger partial charge in [-0.2, -0.15) is 16.1 Å². The number of hydrogen-bond acceptors (Lipinski definition) is 17. The maximum Gasteiger partial charge on any atom is 0.481 e. The van der Waals surface area contributed by atoms with Crippen LogP contribution in [0.1, 0.15) is 26.5 Å². The average molecular weight is 782 g/mol. The number of nitrogens with zero attached hydrogens (tertiary/aromatic N) is 4. The minimum absolute atomic E-state index is 0.0345. The molecule has 10 N–H and O–H groups in total. The van der Waals surface area contributed by atoms with E-state index in [1.54, 1.807) is 0 Å². The second-order valence-corrected chi connectivity index (χ2v) is 16.3. The number of nitrogen functional groups attached to an aromatic ring is 1. The molecule has 23 nitrogen and oxygen atoms in total. The monoisotopic (exact) mass is 781 g/mol. The lowest BCUT2D eigenvalue weighted by Gasteiger charge is -2.30. The fourth-order valence-corrected chi connectivity index (χ4v) is 7.37. The van der Waals surface area contributed by atoms with E-state index in [1.165, 1.54) is 25.6 Å². The summed E-state index contributed by atoms with van der Waals surface area (Å²) < 4.78 is 61.8. The van der Waals surface area contributed by atoms with Gasteiger partial charge in [-0.25, -0.2) is 28.6 Å². The Hall–Kier alpha value is -2.11. The summed E-state index contributed by atoms with van der Waals surface area (Å²) in [5.41, 5.74) is 4.31. The summed E-state index contributed by atoms with van der Waals surface area (Å²) in [6, 6.07) is 0. The van der Waals surface area contributed by atoms with Crippen LogP contribution in [-0.4, -0.2) is 124 Å². The third-order valence-electron chi connectivity index (χ3n) is 6.71. The summed E-state index contributed by atoms with van der Waals surface area (Å²) in [5, 5.41) is 26.3. The summed E-state index contributed by atoms with van der Waals surface area (Å²) in [7, 11) is -16.3. The van der Waals surface area contributed by atoms with Gasteiger partial charge in [-0.15, -0.1) is 0 Å². The largest absolute Gasteiger partial charge is 0.481 e. The number of nitrogens with one attached hydrogen (secondary N) is 2. The molecule has 7 atom stereocenters. The number of phosphoric ester groups is 3. The van der Waals surface area contributed by atoms with Crippen LogP contribution in [0.25, 0.3) is 11.2 Å². The van der Waals surface area contributed by atoms with Crippen molar-refractivity contribution in [3.05, 3.63) is 12.7 Å².